The van der Waals surface area contributed by atoms with Crippen LogP contribution in [-0.2, 0) is 25.5 Å². The standard InChI is InChI=1S/C21H21N3O5/c1-29-21(28)17(11-13-7-3-2-4-8-13)22-18(25)12-16-20(27)23-15-10-6-5-9-14(15)19(26)24-16/h2-10,16-17H,11-12H2,1H3,(H,22,25)(H,23,27)(H,24,26)/t16-,17-/m1/s1. The number of anilines is 1. The maximum atomic E-state index is 12.5. The predicted octanol–water partition coefficient (Wildman–Crippen LogP) is 1.03. The lowest BCUT2D eigenvalue weighted by Gasteiger charge is -2.19. The fourth-order valence-electron chi connectivity index (χ4n) is 3.08. The molecule has 0 aliphatic carbocycles. The Labute approximate surface area is 167 Å². The highest BCUT2D eigenvalue weighted by atomic mass is 16.5. The summed E-state index contributed by atoms with van der Waals surface area (Å²) in [6.07, 6.45) is -0.0677. The number of amides is 3. The first-order valence-corrected chi connectivity index (χ1v) is 9.10. The molecule has 3 N–H and O–H groups in total. The van der Waals surface area contributed by atoms with Crippen LogP contribution in [0.25, 0.3) is 0 Å². The van der Waals surface area contributed by atoms with E-state index in [-0.39, 0.29) is 12.8 Å². The molecule has 1 aliphatic rings. The zero-order valence-electron chi connectivity index (χ0n) is 15.8. The Balaban J connectivity index is 1.67. The fourth-order valence-corrected chi connectivity index (χ4v) is 3.08. The molecule has 0 bridgehead atoms. The average Bonchev–Trinajstić information content (AvgIpc) is 2.84. The van der Waals surface area contributed by atoms with E-state index in [0.717, 1.165) is 5.56 Å². The number of esters is 1. The molecule has 0 saturated carbocycles. The molecule has 2 aromatic rings. The van der Waals surface area contributed by atoms with Crippen molar-refractivity contribution in [2.75, 3.05) is 12.4 Å². The van der Waals surface area contributed by atoms with Gasteiger partial charge in [-0.2, -0.15) is 0 Å². The van der Waals surface area contributed by atoms with Crippen LogP contribution in [0.1, 0.15) is 22.3 Å². The molecule has 0 saturated heterocycles. The van der Waals surface area contributed by atoms with Gasteiger partial charge < -0.3 is 20.7 Å². The number of rotatable bonds is 6. The molecule has 3 rings (SSSR count). The third-order valence-corrected chi connectivity index (χ3v) is 4.54. The summed E-state index contributed by atoms with van der Waals surface area (Å²) in [4.78, 5) is 49.4. The maximum absolute atomic E-state index is 12.5. The van der Waals surface area contributed by atoms with Crippen molar-refractivity contribution in [3.05, 3.63) is 65.7 Å². The molecular formula is C21H21N3O5. The van der Waals surface area contributed by atoms with Crippen LogP contribution in [0.15, 0.2) is 54.6 Å². The average molecular weight is 395 g/mol. The van der Waals surface area contributed by atoms with Gasteiger partial charge in [-0.3, -0.25) is 14.4 Å². The number of para-hydroxylation sites is 1. The van der Waals surface area contributed by atoms with E-state index in [4.69, 9.17) is 4.74 Å². The second-order valence-corrected chi connectivity index (χ2v) is 6.60. The molecule has 150 valence electrons. The monoisotopic (exact) mass is 395 g/mol. The maximum Gasteiger partial charge on any atom is 0.328 e. The van der Waals surface area contributed by atoms with Gasteiger partial charge in [0.15, 0.2) is 0 Å². The number of nitrogens with one attached hydrogen (secondary N) is 3. The SMILES string of the molecule is COC(=O)[C@@H](Cc1ccccc1)NC(=O)C[C@H]1NC(=O)c2ccccc2NC1=O. The van der Waals surface area contributed by atoms with E-state index in [1.807, 2.05) is 30.3 Å². The van der Waals surface area contributed by atoms with Gasteiger partial charge in [-0.15, -0.1) is 0 Å². The Morgan fingerprint density at radius 2 is 1.76 bits per heavy atom. The van der Waals surface area contributed by atoms with E-state index in [9.17, 15) is 19.2 Å². The summed E-state index contributed by atoms with van der Waals surface area (Å²) in [6.45, 7) is 0. The van der Waals surface area contributed by atoms with Crippen LogP contribution >= 0.6 is 0 Å². The van der Waals surface area contributed by atoms with Gasteiger partial charge in [0.1, 0.15) is 12.1 Å². The van der Waals surface area contributed by atoms with Crippen LogP contribution < -0.4 is 16.0 Å². The molecule has 0 radical (unpaired) electrons. The van der Waals surface area contributed by atoms with Crippen molar-refractivity contribution in [3.8, 4) is 0 Å². The lowest BCUT2D eigenvalue weighted by Crippen LogP contribution is -2.48. The minimum atomic E-state index is -1.06. The van der Waals surface area contributed by atoms with Crippen LogP contribution in [0.2, 0.25) is 0 Å². The number of carbonyl (C=O) groups is 4. The number of hydrogen-bond acceptors (Lipinski definition) is 5. The second-order valence-electron chi connectivity index (χ2n) is 6.60. The topological polar surface area (TPSA) is 114 Å². The molecule has 8 nitrogen and oxygen atoms in total. The van der Waals surface area contributed by atoms with Crippen LogP contribution in [0.4, 0.5) is 5.69 Å². The van der Waals surface area contributed by atoms with Crippen LogP contribution in [-0.4, -0.2) is 42.9 Å². The highest BCUT2D eigenvalue weighted by Gasteiger charge is 2.31. The lowest BCUT2D eigenvalue weighted by atomic mass is 10.1. The van der Waals surface area contributed by atoms with Crippen molar-refractivity contribution in [2.45, 2.75) is 24.9 Å². The van der Waals surface area contributed by atoms with Crippen molar-refractivity contribution in [3.63, 3.8) is 0 Å². The van der Waals surface area contributed by atoms with Crippen molar-refractivity contribution >= 4 is 29.4 Å². The van der Waals surface area contributed by atoms with Gasteiger partial charge in [0, 0.05) is 6.42 Å². The molecule has 29 heavy (non-hydrogen) atoms. The largest absolute Gasteiger partial charge is 0.467 e. The smallest absolute Gasteiger partial charge is 0.328 e. The van der Waals surface area contributed by atoms with Crippen LogP contribution in [0.5, 0.6) is 0 Å². The number of fused-ring (bicyclic) bond motifs is 1. The Hall–Kier alpha value is -3.68. The van der Waals surface area contributed by atoms with Gasteiger partial charge in [-0.25, -0.2) is 4.79 Å². The first-order valence-electron chi connectivity index (χ1n) is 9.10. The Morgan fingerprint density at radius 1 is 1.07 bits per heavy atom. The first-order chi connectivity index (χ1) is 14.0. The van der Waals surface area contributed by atoms with Crippen molar-refractivity contribution in [2.24, 2.45) is 0 Å². The first kappa shape index (κ1) is 20.1. The van der Waals surface area contributed by atoms with Gasteiger partial charge in [0.25, 0.3) is 5.91 Å². The summed E-state index contributed by atoms with van der Waals surface area (Å²) in [6, 6.07) is 13.8. The number of methoxy groups -OCH3 is 1. The number of carbonyl (C=O) groups excluding carboxylic acids is 4. The predicted molar refractivity (Wildman–Crippen MR) is 105 cm³/mol. The zero-order chi connectivity index (χ0) is 20.8. The molecule has 2 atom stereocenters. The number of hydrogen-bond donors (Lipinski definition) is 3. The van der Waals surface area contributed by atoms with Gasteiger partial charge >= 0.3 is 5.97 Å². The van der Waals surface area contributed by atoms with Gasteiger partial charge in [0.05, 0.1) is 24.8 Å². The molecule has 1 heterocycles. The Morgan fingerprint density at radius 3 is 2.48 bits per heavy atom. The minimum Gasteiger partial charge on any atom is -0.467 e. The lowest BCUT2D eigenvalue weighted by molar-refractivity contribution is -0.145. The van der Waals surface area contributed by atoms with E-state index >= 15 is 0 Å². The molecule has 2 aromatic carbocycles. The van der Waals surface area contributed by atoms with E-state index in [0.29, 0.717) is 11.3 Å². The van der Waals surface area contributed by atoms with E-state index in [1.54, 1.807) is 24.3 Å². The molecule has 3 amide bonds. The normalized spacial score (nSPS) is 16.5. The van der Waals surface area contributed by atoms with Crippen molar-refractivity contribution in [1.82, 2.24) is 10.6 Å². The summed E-state index contributed by atoms with van der Waals surface area (Å²) in [5.74, 6) is -2.10. The summed E-state index contributed by atoms with van der Waals surface area (Å²) < 4.78 is 4.77. The van der Waals surface area contributed by atoms with Crippen molar-refractivity contribution < 1.29 is 23.9 Å². The minimum absolute atomic E-state index is 0.244. The second kappa shape index (κ2) is 9.01. The van der Waals surface area contributed by atoms with Gasteiger partial charge in [-0.05, 0) is 17.7 Å². The van der Waals surface area contributed by atoms with Crippen molar-refractivity contribution in [1.29, 1.82) is 0 Å². The number of ether oxygens (including phenoxy) is 1. The summed E-state index contributed by atoms with van der Waals surface area (Å²) in [5.41, 5.74) is 1.55. The van der Waals surface area contributed by atoms with Gasteiger partial charge in [0.2, 0.25) is 11.8 Å². The molecule has 8 heteroatoms. The van der Waals surface area contributed by atoms with E-state index in [2.05, 4.69) is 16.0 Å². The number of benzene rings is 2. The zero-order valence-corrected chi connectivity index (χ0v) is 15.8. The van der Waals surface area contributed by atoms with E-state index in [1.165, 1.54) is 7.11 Å². The van der Waals surface area contributed by atoms with Crippen LogP contribution in [0, 0.1) is 0 Å². The summed E-state index contributed by atoms with van der Waals surface area (Å²) >= 11 is 0. The Kier molecular flexibility index (Phi) is 6.23. The molecule has 1 aliphatic heterocycles. The quantitative estimate of drug-likeness (QED) is 0.632. The summed E-state index contributed by atoms with van der Waals surface area (Å²) in [7, 11) is 1.24. The molecule has 0 unspecified atom stereocenters. The molecule has 0 aromatic heterocycles. The van der Waals surface area contributed by atoms with Gasteiger partial charge in [-0.1, -0.05) is 42.5 Å². The fraction of sp³-hybridized carbons (Fsp3) is 0.238. The van der Waals surface area contributed by atoms with E-state index < -0.39 is 35.8 Å². The molecule has 0 fully saturated rings. The summed E-state index contributed by atoms with van der Waals surface area (Å²) in [5, 5.41) is 7.79. The highest BCUT2D eigenvalue weighted by molar-refractivity contribution is 6.10. The highest BCUT2D eigenvalue weighted by Crippen LogP contribution is 2.18. The Bertz CT molecular complexity index is 929. The third kappa shape index (κ3) is 4.98. The third-order valence-electron chi connectivity index (χ3n) is 4.54. The molecule has 0 spiro atoms. The molecular weight excluding hydrogens is 374 g/mol. The van der Waals surface area contributed by atoms with Crippen LogP contribution in [0.3, 0.4) is 0 Å².